The minimum atomic E-state index is 0.126. The van der Waals surface area contributed by atoms with Crippen LogP contribution >= 0.6 is 0 Å². The zero-order chi connectivity index (χ0) is 21.2. The van der Waals surface area contributed by atoms with Crippen LogP contribution < -0.4 is 0 Å². The SMILES string of the molecule is Cn1ccnc1[C@H](c1ccccc1)N1CCN(C(=O)[C@@H]2CCN2C2CCCCC2)CC1. The smallest absolute Gasteiger partial charge is 0.240 e. The molecule has 0 bridgehead atoms. The molecule has 3 heterocycles. The first-order valence-corrected chi connectivity index (χ1v) is 12.0. The summed E-state index contributed by atoms with van der Waals surface area (Å²) in [5.74, 6) is 1.43. The number of aromatic nitrogens is 2. The van der Waals surface area contributed by atoms with E-state index in [0.29, 0.717) is 11.9 Å². The molecule has 2 aliphatic heterocycles. The van der Waals surface area contributed by atoms with E-state index in [0.717, 1.165) is 45.0 Å². The van der Waals surface area contributed by atoms with Gasteiger partial charge in [0.2, 0.25) is 5.91 Å². The van der Waals surface area contributed by atoms with Gasteiger partial charge in [0.25, 0.3) is 0 Å². The van der Waals surface area contributed by atoms with Gasteiger partial charge in [0.05, 0.1) is 12.1 Å². The zero-order valence-electron chi connectivity index (χ0n) is 18.7. The van der Waals surface area contributed by atoms with Crippen LogP contribution in [0.15, 0.2) is 42.7 Å². The van der Waals surface area contributed by atoms with Gasteiger partial charge in [0, 0.05) is 58.2 Å². The quantitative estimate of drug-likeness (QED) is 0.744. The van der Waals surface area contributed by atoms with Gasteiger partial charge in [0.1, 0.15) is 5.82 Å². The summed E-state index contributed by atoms with van der Waals surface area (Å²) in [7, 11) is 2.06. The van der Waals surface area contributed by atoms with Gasteiger partial charge in [-0.2, -0.15) is 0 Å². The van der Waals surface area contributed by atoms with Crippen molar-refractivity contribution in [3.63, 3.8) is 0 Å². The van der Waals surface area contributed by atoms with E-state index in [9.17, 15) is 4.79 Å². The summed E-state index contributed by atoms with van der Waals surface area (Å²) in [6, 6.07) is 11.5. The van der Waals surface area contributed by atoms with Gasteiger partial charge in [-0.05, 0) is 24.8 Å². The molecule has 3 aliphatic rings. The van der Waals surface area contributed by atoms with Crippen LogP contribution in [0.2, 0.25) is 0 Å². The highest BCUT2D eigenvalue weighted by Crippen LogP contribution is 2.32. The van der Waals surface area contributed by atoms with Gasteiger partial charge in [0.15, 0.2) is 0 Å². The van der Waals surface area contributed by atoms with Crippen LogP contribution in [0, 0.1) is 0 Å². The van der Waals surface area contributed by atoms with E-state index in [1.165, 1.54) is 37.7 Å². The fourth-order valence-electron chi connectivity index (χ4n) is 5.73. The Bertz CT molecular complexity index is 867. The number of imidazole rings is 1. The second kappa shape index (κ2) is 9.13. The van der Waals surface area contributed by atoms with Crippen molar-refractivity contribution >= 4 is 5.91 Å². The molecule has 2 saturated heterocycles. The van der Waals surface area contributed by atoms with Crippen molar-refractivity contribution in [1.29, 1.82) is 0 Å². The Morgan fingerprint density at radius 2 is 1.71 bits per heavy atom. The number of hydrogen-bond donors (Lipinski definition) is 0. The monoisotopic (exact) mass is 421 g/mol. The predicted octanol–water partition coefficient (Wildman–Crippen LogP) is 3.06. The van der Waals surface area contributed by atoms with E-state index in [-0.39, 0.29) is 12.1 Å². The standard InChI is InChI=1S/C25H35N5O/c1-27-15-13-26-24(27)23(20-8-4-2-5-9-20)28-16-18-29(19-17-28)25(31)22-12-14-30(22)21-10-6-3-7-11-21/h2,4-5,8-9,13,15,21-23H,3,6-7,10-12,14,16-19H2,1H3/t22-,23-/m0/s1. The summed E-state index contributed by atoms with van der Waals surface area (Å²) in [5, 5.41) is 0. The van der Waals surface area contributed by atoms with E-state index in [1.54, 1.807) is 0 Å². The molecule has 2 aromatic rings. The van der Waals surface area contributed by atoms with E-state index in [4.69, 9.17) is 0 Å². The Hall–Kier alpha value is -2.18. The van der Waals surface area contributed by atoms with Gasteiger partial charge in [-0.1, -0.05) is 49.6 Å². The van der Waals surface area contributed by atoms with E-state index >= 15 is 0 Å². The molecule has 0 unspecified atom stereocenters. The minimum absolute atomic E-state index is 0.126. The summed E-state index contributed by atoms with van der Waals surface area (Å²) in [5.41, 5.74) is 1.26. The van der Waals surface area contributed by atoms with Gasteiger partial charge in [-0.25, -0.2) is 4.98 Å². The molecule has 6 heteroatoms. The topological polar surface area (TPSA) is 44.6 Å². The Kier molecular flexibility index (Phi) is 6.10. The normalized spacial score (nSPS) is 24.7. The molecule has 3 fully saturated rings. The molecule has 2 atom stereocenters. The van der Waals surface area contributed by atoms with Gasteiger partial charge in [-0.15, -0.1) is 0 Å². The summed E-state index contributed by atoms with van der Waals surface area (Å²) in [4.78, 5) is 25.1. The summed E-state index contributed by atoms with van der Waals surface area (Å²) in [6.45, 7) is 4.49. The first kappa shape index (κ1) is 20.7. The molecule has 0 N–H and O–H groups in total. The third-order valence-corrected chi connectivity index (χ3v) is 7.60. The molecule has 6 nitrogen and oxygen atoms in total. The summed E-state index contributed by atoms with van der Waals surface area (Å²) >= 11 is 0. The van der Waals surface area contributed by atoms with Crippen molar-refractivity contribution < 1.29 is 4.79 Å². The third-order valence-electron chi connectivity index (χ3n) is 7.60. The average Bonchev–Trinajstić information content (AvgIpc) is 3.20. The molecule has 1 aromatic carbocycles. The van der Waals surface area contributed by atoms with E-state index in [2.05, 4.69) is 61.6 Å². The minimum Gasteiger partial charge on any atom is -0.339 e. The lowest BCUT2D eigenvalue weighted by molar-refractivity contribution is -0.146. The van der Waals surface area contributed by atoms with E-state index in [1.807, 2.05) is 12.4 Å². The lowest BCUT2D eigenvalue weighted by atomic mass is 9.88. The van der Waals surface area contributed by atoms with Crippen LogP contribution in [0.5, 0.6) is 0 Å². The Morgan fingerprint density at radius 3 is 2.32 bits per heavy atom. The second-order valence-corrected chi connectivity index (χ2v) is 9.40. The lowest BCUT2D eigenvalue weighted by Crippen LogP contribution is -2.62. The van der Waals surface area contributed by atoms with Crippen molar-refractivity contribution in [2.75, 3.05) is 32.7 Å². The van der Waals surface area contributed by atoms with Crippen LogP contribution in [0.3, 0.4) is 0 Å². The van der Waals surface area contributed by atoms with E-state index < -0.39 is 0 Å². The number of carbonyl (C=O) groups is 1. The molecule has 0 radical (unpaired) electrons. The number of nitrogens with zero attached hydrogens (tertiary/aromatic N) is 5. The highest BCUT2D eigenvalue weighted by Gasteiger charge is 2.41. The third kappa shape index (κ3) is 4.15. The number of hydrogen-bond acceptors (Lipinski definition) is 4. The molecule has 31 heavy (non-hydrogen) atoms. The molecular weight excluding hydrogens is 386 g/mol. The largest absolute Gasteiger partial charge is 0.339 e. The highest BCUT2D eigenvalue weighted by atomic mass is 16.2. The van der Waals surface area contributed by atoms with Crippen molar-refractivity contribution in [2.24, 2.45) is 7.05 Å². The van der Waals surface area contributed by atoms with Gasteiger partial charge >= 0.3 is 0 Å². The molecule has 1 saturated carbocycles. The first-order valence-electron chi connectivity index (χ1n) is 12.0. The van der Waals surface area contributed by atoms with Crippen LogP contribution in [0.4, 0.5) is 0 Å². The number of likely N-dealkylation sites (tertiary alicyclic amines) is 1. The molecular formula is C25H35N5O. The van der Waals surface area contributed by atoms with Gasteiger partial charge in [-0.3, -0.25) is 14.6 Å². The van der Waals surface area contributed by atoms with Crippen molar-refractivity contribution in [1.82, 2.24) is 24.3 Å². The maximum Gasteiger partial charge on any atom is 0.240 e. The lowest BCUT2D eigenvalue weighted by Gasteiger charge is -2.49. The molecule has 5 rings (SSSR count). The van der Waals surface area contributed by atoms with Crippen LogP contribution in [0.25, 0.3) is 0 Å². The van der Waals surface area contributed by atoms with Crippen LogP contribution in [-0.2, 0) is 11.8 Å². The molecule has 1 amide bonds. The number of aryl methyl sites for hydroxylation is 1. The van der Waals surface area contributed by atoms with Crippen molar-refractivity contribution in [3.8, 4) is 0 Å². The van der Waals surface area contributed by atoms with Gasteiger partial charge < -0.3 is 9.47 Å². The zero-order valence-corrected chi connectivity index (χ0v) is 18.7. The first-order chi connectivity index (χ1) is 15.2. The number of rotatable bonds is 5. The Balaban J connectivity index is 1.25. The predicted molar refractivity (Wildman–Crippen MR) is 122 cm³/mol. The molecule has 1 aliphatic carbocycles. The van der Waals surface area contributed by atoms with Crippen molar-refractivity contribution in [3.05, 3.63) is 54.1 Å². The van der Waals surface area contributed by atoms with Crippen LogP contribution in [-0.4, -0.2) is 75.0 Å². The maximum atomic E-state index is 13.3. The fourth-order valence-corrected chi connectivity index (χ4v) is 5.73. The van der Waals surface area contributed by atoms with Crippen LogP contribution in [0.1, 0.15) is 56.0 Å². The number of amides is 1. The molecule has 0 spiro atoms. The number of piperazine rings is 1. The molecule has 1 aromatic heterocycles. The highest BCUT2D eigenvalue weighted by molar-refractivity contribution is 5.83. The number of carbonyl (C=O) groups excluding carboxylic acids is 1. The van der Waals surface area contributed by atoms with Crippen molar-refractivity contribution in [2.45, 2.75) is 56.7 Å². The molecule has 166 valence electrons. The Labute approximate surface area is 185 Å². The second-order valence-electron chi connectivity index (χ2n) is 9.40. The maximum absolute atomic E-state index is 13.3. The fraction of sp³-hybridized carbons (Fsp3) is 0.600. The number of benzene rings is 1. The summed E-state index contributed by atoms with van der Waals surface area (Å²) < 4.78 is 2.12. The average molecular weight is 422 g/mol. The summed E-state index contributed by atoms with van der Waals surface area (Å²) in [6.07, 6.45) is 11.5. The Morgan fingerprint density at radius 1 is 0.968 bits per heavy atom.